The van der Waals surface area contributed by atoms with Crippen LogP contribution in [-0.2, 0) is 0 Å². The summed E-state index contributed by atoms with van der Waals surface area (Å²) in [6.07, 6.45) is 0. The van der Waals surface area contributed by atoms with E-state index in [-0.39, 0.29) is 67.3 Å². The van der Waals surface area contributed by atoms with Crippen molar-refractivity contribution in [2.24, 2.45) is 9.98 Å². The molecule has 6 aromatic rings. The van der Waals surface area contributed by atoms with E-state index in [9.17, 15) is 60.7 Å². The van der Waals surface area contributed by atoms with Gasteiger partial charge in [-0.25, -0.2) is 9.98 Å². The van der Waals surface area contributed by atoms with Crippen molar-refractivity contribution in [3.8, 4) is 33.4 Å². The Kier molecular flexibility index (Phi) is 8.80. The van der Waals surface area contributed by atoms with Crippen molar-refractivity contribution in [2.45, 2.75) is 13.8 Å². The van der Waals surface area contributed by atoms with Crippen molar-refractivity contribution in [1.29, 1.82) is 0 Å². The molecule has 2 aliphatic carbocycles. The molecule has 20 heteroatoms. The number of aliphatic imine (C=N–C) groups is 2. The first-order chi connectivity index (χ1) is 28.5. The molecule has 0 bridgehead atoms. The molecule has 0 amide bonds. The fourth-order valence-electron chi connectivity index (χ4n) is 7.47. The van der Waals surface area contributed by atoms with Crippen molar-refractivity contribution >= 4 is 56.9 Å². The lowest BCUT2D eigenvalue weighted by atomic mass is 9.99. The van der Waals surface area contributed by atoms with Crippen LogP contribution >= 0.6 is 0 Å². The minimum absolute atomic E-state index is 0.0434. The Morgan fingerprint density at radius 1 is 0.367 bits per heavy atom. The zero-order valence-corrected chi connectivity index (χ0v) is 30.7. The van der Waals surface area contributed by atoms with Gasteiger partial charge >= 0.3 is 0 Å². The Labute approximate surface area is 334 Å². The Morgan fingerprint density at radius 2 is 0.717 bits per heavy atom. The monoisotopic (exact) mass is 806 g/mol. The maximum atomic E-state index is 12.1. The minimum atomic E-state index is -0.772. The van der Waals surface area contributed by atoms with Crippen LogP contribution in [0.25, 0.3) is 33.4 Å². The number of nitro benzene ring substituents is 6. The Balaban J connectivity index is 1.21. The van der Waals surface area contributed by atoms with Gasteiger partial charge in [0.1, 0.15) is 0 Å². The summed E-state index contributed by atoms with van der Waals surface area (Å²) in [5.41, 5.74) is 1.72. The van der Waals surface area contributed by atoms with E-state index in [1.165, 1.54) is 36.4 Å². The maximum Gasteiger partial charge on any atom is 0.284 e. The average Bonchev–Trinajstić information content (AvgIpc) is 3.69. The van der Waals surface area contributed by atoms with E-state index >= 15 is 0 Å². The smallest absolute Gasteiger partial charge is 0.258 e. The number of nitro groups is 6. The summed E-state index contributed by atoms with van der Waals surface area (Å²) >= 11 is 0. The lowest BCUT2D eigenvalue weighted by Gasteiger charge is -2.10. The molecule has 0 saturated heterocycles. The van der Waals surface area contributed by atoms with Crippen LogP contribution in [0.15, 0.2) is 107 Å². The number of aryl methyl sites for hydroxylation is 2. The van der Waals surface area contributed by atoms with Crippen molar-refractivity contribution in [1.82, 2.24) is 0 Å². The summed E-state index contributed by atoms with van der Waals surface area (Å²) < 4.78 is 0. The van der Waals surface area contributed by atoms with Gasteiger partial charge in [-0.1, -0.05) is 12.1 Å². The number of hydrogen-bond donors (Lipinski definition) is 0. The summed E-state index contributed by atoms with van der Waals surface area (Å²) in [7, 11) is 0. The van der Waals surface area contributed by atoms with Crippen LogP contribution in [0.1, 0.15) is 33.4 Å². The molecule has 0 aromatic heterocycles. The highest BCUT2D eigenvalue weighted by Crippen LogP contribution is 2.48. The van der Waals surface area contributed by atoms with Gasteiger partial charge in [-0.2, -0.15) is 0 Å². The molecular formula is C40H22N8O12. The third-order valence-electron chi connectivity index (χ3n) is 10.2. The molecule has 6 aromatic carbocycles. The first kappa shape index (κ1) is 38.0. The summed E-state index contributed by atoms with van der Waals surface area (Å²) in [5, 5.41) is 71.2. The number of benzene rings is 6. The highest BCUT2D eigenvalue weighted by atomic mass is 16.6. The van der Waals surface area contributed by atoms with Crippen molar-refractivity contribution in [2.75, 3.05) is 0 Å². The molecule has 0 unspecified atom stereocenters. The molecule has 0 fully saturated rings. The Hall–Kier alpha value is -8.94. The molecule has 20 nitrogen and oxygen atoms in total. The number of fused-ring (bicyclic) bond motifs is 6. The van der Waals surface area contributed by atoms with Gasteiger partial charge in [0.15, 0.2) is 0 Å². The molecule has 294 valence electrons. The molecule has 0 heterocycles. The molecule has 0 aliphatic heterocycles. The summed E-state index contributed by atoms with van der Waals surface area (Å²) in [4.78, 5) is 76.4. The standard InChI is InChI=1S/C40H22N8O12/c1-19-11-21(3-9-33(19)41-39-29-13-23(43(49)50)5-7-27(29)37-31(39)15-25(45(53)54)17-35(37)47(57)58)22-4-10-34(20(2)12-22)42-40-30-14-24(44(51)52)6-8-28(30)38-32(40)16-26(46(55)56)18-36(38)48(59)60/h3-18H,1-2H3. The second-order valence-corrected chi connectivity index (χ2v) is 13.7. The van der Waals surface area contributed by atoms with E-state index in [2.05, 4.69) is 0 Å². The number of nitrogens with zero attached hydrogens (tertiary/aromatic N) is 8. The first-order valence-electron chi connectivity index (χ1n) is 17.4. The van der Waals surface area contributed by atoms with Gasteiger partial charge in [0.05, 0.1) is 75.6 Å². The molecule has 0 atom stereocenters. The fourth-order valence-corrected chi connectivity index (χ4v) is 7.47. The molecular weight excluding hydrogens is 784 g/mol. The third-order valence-corrected chi connectivity index (χ3v) is 10.2. The number of non-ortho nitro benzene ring substituents is 4. The average molecular weight is 807 g/mol. The fraction of sp³-hybridized carbons (Fsp3) is 0.0500. The van der Waals surface area contributed by atoms with Crippen LogP contribution in [0.5, 0.6) is 0 Å². The van der Waals surface area contributed by atoms with Crippen LogP contribution in [-0.4, -0.2) is 41.0 Å². The largest absolute Gasteiger partial charge is 0.284 e. The molecule has 8 rings (SSSR count). The van der Waals surface area contributed by atoms with Crippen LogP contribution in [0.3, 0.4) is 0 Å². The lowest BCUT2D eigenvalue weighted by molar-refractivity contribution is -0.394. The van der Waals surface area contributed by atoms with Gasteiger partial charge in [0.2, 0.25) is 0 Å². The molecule has 0 spiro atoms. The van der Waals surface area contributed by atoms with Crippen LogP contribution < -0.4 is 0 Å². The number of hydrogen-bond acceptors (Lipinski definition) is 14. The third kappa shape index (κ3) is 6.21. The van der Waals surface area contributed by atoms with Crippen LogP contribution in [0.4, 0.5) is 45.5 Å². The van der Waals surface area contributed by atoms with Crippen molar-refractivity contribution in [3.63, 3.8) is 0 Å². The molecule has 0 N–H and O–H groups in total. The van der Waals surface area contributed by atoms with Gasteiger partial charge in [0, 0.05) is 58.7 Å². The van der Waals surface area contributed by atoms with Crippen molar-refractivity contribution < 1.29 is 29.5 Å². The van der Waals surface area contributed by atoms with Gasteiger partial charge in [0.25, 0.3) is 34.1 Å². The van der Waals surface area contributed by atoms with Gasteiger partial charge in [-0.15, -0.1) is 0 Å². The normalized spacial score (nSPS) is 13.4. The van der Waals surface area contributed by atoms with Crippen molar-refractivity contribution in [3.05, 3.63) is 191 Å². The van der Waals surface area contributed by atoms with Gasteiger partial charge < -0.3 is 0 Å². The van der Waals surface area contributed by atoms with E-state index in [4.69, 9.17) is 9.98 Å². The van der Waals surface area contributed by atoms with Crippen LogP contribution in [0.2, 0.25) is 0 Å². The molecule has 2 aliphatic rings. The van der Waals surface area contributed by atoms with E-state index in [0.717, 1.165) is 24.3 Å². The Morgan fingerprint density at radius 3 is 1.03 bits per heavy atom. The predicted molar refractivity (Wildman–Crippen MR) is 216 cm³/mol. The highest BCUT2D eigenvalue weighted by Gasteiger charge is 2.38. The maximum absolute atomic E-state index is 12.1. The molecule has 60 heavy (non-hydrogen) atoms. The van der Waals surface area contributed by atoms with Gasteiger partial charge in [-0.3, -0.25) is 60.7 Å². The molecule has 0 saturated carbocycles. The topological polar surface area (TPSA) is 284 Å². The zero-order chi connectivity index (χ0) is 42.9. The summed E-state index contributed by atoms with van der Waals surface area (Å²) in [6, 6.07) is 21.8. The van der Waals surface area contributed by atoms with Gasteiger partial charge in [-0.05, 0) is 83.6 Å². The first-order valence-corrected chi connectivity index (χ1v) is 17.4. The highest BCUT2D eigenvalue weighted by molar-refractivity contribution is 6.28. The summed E-state index contributed by atoms with van der Waals surface area (Å²) in [6.45, 7) is 3.48. The Bertz CT molecular complexity index is 2900. The predicted octanol–water partition coefficient (Wildman–Crippen LogP) is 9.72. The van der Waals surface area contributed by atoms with E-state index in [1.807, 2.05) is 0 Å². The number of rotatable bonds is 9. The SMILES string of the molecule is Cc1cc(-c2ccc(N=C3c4cc([N+](=O)[O-])ccc4-c4c3cc([N+](=O)[O-])cc4[N+](=O)[O-])c(C)c2)ccc1N=C1c2cc([N+](=O)[O-])ccc2-c2c1cc([N+](=O)[O-])cc2[N+](=O)[O-]. The summed E-state index contributed by atoms with van der Waals surface area (Å²) in [5.74, 6) is 0. The quantitative estimate of drug-likeness (QED) is 0.0972. The lowest BCUT2D eigenvalue weighted by Crippen LogP contribution is -2.02. The molecule has 0 radical (unpaired) electrons. The second-order valence-electron chi connectivity index (χ2n) is 13.7. The zero-order valence-electron chi connectivity index (χ0n) is 30.7. The minimum Gasteiger partial charge on any atom is -0.258 e. The van der Waals surface area contributed by atoms with E-state index in [1.54, 1.807) is 50.2 Å². The van der Waals surface area contributed by atoms with E-state index in [0.29, 0.717) is 33.6 Å². The van der Waals surface area contributed by atoms with Crippen LogP contribution in [0, 0.1) is 74.5 Å². The second kappa shape index (κ2) is 13.9. The van der Waals surface area contributed by atoms with E-state index < -0.39 is 52.3 Å².